The first-order valence-electron chi connectivity index (χ1n) is 6.56. The Kier molecular flexibility index (Phi) is 6.05. The van der Waals surface area contributed by atoms with Gasteiger partial charge in [-0.15, -0.1) is 6.58 Å². The number of benzene rings is 1. The monoisotopic (exact) mass is 293 g/mol. The highest BCUT2D eigenvalue weighted by Gasteiger charge is 2.24. The van der Waals surface area contributed by atoms with Crippen LogP contribution in [0.3, 0.4) is 0 Å². The van der Waals surface area contributed by atoms with Crippen molar-refractivity contribution in [2.75, 3.05) is 6.61 Å². The molecule has 1 atom stereocenters. The molecule has 0 N–H and O–H groups in total. The van der Waals surface area contributed by atoms with Gasteiger partial charge >= 0.3 is 11.7 Å². The van der Waals surface area contributed by atoms with Crippen LogP contribution in [-0.4, -0.2) is 23.6 Å². The van der Waals surface area contributed by atoms with E-state index in [0.717, 1.165) is 5.56 Å². The Morgan fingerprint density at radius 2 is 2.14 bits per heavy atom. The molecule has 6 heteroatoms. The summed E-state index contributed by atoms with van der Waals surface area (Å²) >= 11 is 0. The molecule has 0 fully saturated rings. The normalized spacial score (nSPS) is 11.8. The van der Waals surface area contributed by atoms with Crippen LogP contribution in [-0.2, 0) is 9.53 Å². The summed E-state index contributed by atoms with van der Waals surface area (Å²) in [5.74, 6) is -0.691. The summed E-state index contributed by atoms with van der Waals surface area (Å²) in [6.45, 7) is 8.84. The van der Waals surface area contributed by atoms with Crippen LogP contribution >= 0.6 is 0 Å². The lowest BCUT2D eigenvalue weighted by atomic mass is 10.1. The van der Waals surface area contributed by atoms with Crippen LogP contribution in [0.15, 0.2) is 24.8 Å². The summed E-state index contributed by atoms with van der Waals surface area (Å²) in [6.07, 6.45) is 1.49. The highest BCUT2D eigenvalue weighted by Crippen LogP contribution is 2.32. The first-order chi connectivity index (χ1) is 9.86. The zero-order chi connectivity index (χ0) is 16.0. The van der Waals surface area contributed by atoms with Gasteiger partial charge in [-0.05, 0) is 38.3 Å². The average molecular weight is 293 g/mol. The van der Waals surface area contributed by atoms with E-state index in [9.17, 15) is 14.9 Å². The van der Waals surface area contributed by atoms with E-state index in [1.165, 1.54) is 6.07 Å². The van der Waals surface area contributed by atoms with Crippen molar-refractivity contribution in [2.24, 2.45) is 0 Å². The molecule has 0 bridgehead atoms. The van der Waals surface area contributed by atoms with Crippen LogP contribution in [0.5, 0.6) is 5.75 Å². The Labute approximate surface area is 123 Å². The zero-order valence-corrected chi connectivity index (χ0v) is 12.4. The quantitative estimate of drug-likeness (QED) is 0.193. The van der Waals surface area contributed by atoms with E-state index >= 15 is 0 Å². The molecule has 0 aromatic heterocycles. The first kappa shape index (κ1) is 16.8. The van der Waals surface area contributed by atoms with Crippen molar-refractivity contribution in [1.29, 1.82) is 0 Å². The molecule has 0 amide bonds. The molecule has 0 spiro atoms. The van der Waals surface area contributed by atoms with E-state index in [4.69, 9.17) is 9.47 Å². The van der Waals surface area contributed by atoms with Crippen LogP contribution in [0.25, 0.3) is 0 Å². The lowest BCUT2D eigenvalue weighted by Crippen LogP contribution is -2.26. The molecule has 0 radical (unpaired) electrons. The van der Waals surface area contributed by atoms with Gasteiger partial charge in [-0.3, -0.25) is 10.1 Å². The van der Waals surface area contributed by atoms with Crippen LogP contribution < -0.4 is 4.74 Å². The number of hydrogen-bond acceptors (Lipinski definition) is 5. The highest BCUT2D eigenvalue weighted by molar-refractivity contribution is 5.78. The average Bonchev–Trinajstić information content (AvgIpc) is 2.41. The van der Waals surface area contributed by atoms with Crippen LogP contribution in [0.4, 0.5) is 5.69 Å². The number of nitrogens with zero attached hydrogens (tertiary/aromatic N) is 1. The van der Waals surface area contributed by atoms with Gasteiger partial charge in [0.05, 0.1) is 11.5 Å². The van der Waals surface area contributed by atoms with Gasteiger partial charge in [-0.1, -0.05) is 12.1 Å². The van der Waals surface area contributed by atoms with Crippen molar-refractivity contribution in [1.82, 2.24) is 0 Å². The molecule has 1 rings (SSSR count). The molecule has 21 heavy (non-hydrogen) atoms. The van der Waals surface area contributed by atoms with Gasteiger partial charge in [0.25, 0.3) is 0 Å². The minimum Gasteiger partial charge on any atom is -0.417 e. The third kappa shape index (κ3) is 4.68. The van der Waals surface area contributed by atoms with Gasteiger partial charge < -0.3 is 9.47 Å². The van der Waals surface area contributed by atoms with Gasteiger partial charge in [0.15, 0.2) is 6.10 Å². The molecular weight excluding hydrogens is 274 g/mol. The van der Waals surface area contributed by atoms with Crippen molar-refractivity contribution in [3.8, 4) is 5.75 Å². The van der Waals surface area contributed by atoms with Gasteiger partial charge in [-0.25, -0.2) is 4.79 Å². The molecule has 114 valence electrons. The molecule has 0 saturated heterocycles. The Balaban J connectivity index is 2.89. The summed E-state index contributed by atoms with van der Waals surface area (Å²) in [5.41, 5.74) is 1.04. The first-order valence-corrected chi connectivity index (χ1v) is 6.56. The Hall–Kier alpha value is -2.21. The van der Waals surface area contributed by atoms with Crippen LogP contribution in [0.2, 0.25) is 0 Å². The molecule has 1 aromatic rings. The van der Waals surface area contributed by atoms with Crippen molar-refractivity contribution in [3.63, 3.8) is 0 Å². The minimum atomic E-state index is -0.801. The summed E-state index contributed by atoms with van der Waals surface area (Å²) < 4.78 is 10.4. The molecule has 1 unspecified atom stereocenters. The van der Waals surface area contributed by atoms with E-state index in [0.29, 0.717) is 18.6 Å². The number of esters is 1. The lowest BCUT2D eigenvalue weighted by molar-refractivity contribution is -0.385. The van der Waals surface area contributed by atoms with Gasteiger partial charge in [-0.2, -0.15) is 0 Å². The summed E-state index contributed by atoms with van der Waals surface area (Å²) in [5, 5.41) is 11.1. The predicted molar refractivity (Wildman–Crippen MR) is 78.4 cm³/mol. The Bertz CT molecular complexity index is 553. The minimum absolute atomic E-state index is 0.0326. The molecule has 0 saturated carbocycles. The Morgan fingerprint density at radius 3 is 2.71 bits per heavy atom. The number of nitro groups is 1. The number of hydrogen-bond donors (Lipinski definition) is 0. The van der Waals surface area contributed by atoms with Crippen molar-refractivity contribution >= 4 is 11.7 Å². The maximum absolute atomic E-state index is 11.9. The molecule has 6 nitrogen and oxygen atoms in total. The van der Waals surface area contributed by atoms with Gasteiger partial charge in [0, 0.05) is 6.07 Å². The van der Waals surface area contributed by atoms with Gasteiger partial charge in [0.1, 0.15) is 0 Å². The standard InChI is InChI=1S/C15H19NO5/c1-5-6-7-20-12(4)15(17)21-14-11(3)8-10(2)9-13(14)16(18)19/h5,8-9,12H,1,6-7H2,2-4H3. The molecular formula is C15H19NO5. The number of carbonyl (C=O) groups excluding carboxylic acids is 1. The third-order valence-electron chi connectivity index (χ3n) is 2.82. The second kappa shape index (κ2) is 7.54. The molecule has 0 aliphatic rings. The SMILES string of the molecule is C=CCCOC(C)C(=O)Oc1c(C)cc(C)cc1[N+](=O)[O-]. The molecule has 0 aliphatic heterocycles. The van der Waals surface area contributed by atoms with Crippen LogP contribution in [0.1, 0.15) is 24.5 Å². The maximum atomic E-state index is 11.9. The smallest absolute Gasteiger partial charge is 0.340 e. The van der Waals surface area contributed by atoms with Crippen LogP contribution in [0, 0.1) is 24.0 Å². The number of aryl methyl sites for hydroxylation is 2. The second-order valence-corrected chi connectivity index (χ2v) is 4.70. The maximum Gasteiger partial charge on any atom is 0.340 e. The second-order valence-electron chi connectivity index (χ2n) is 4.70. The topological polar surface area (TPSA) is 78.7 Å². The fourth-order valence-electron chi connectivity index (χ4n) is 1.78. The molecule has 0 aliphatic carbocycles. The largest absolute Gasteiger partial charge is 0.417 e. The lowest BCUT2D eigenvalue weighted by Gasteiger charge is -2.13. The third-order valence-corrected chi connectivity index (χ3v) is 2.82. The number of carbonyl (C=O) groups is 1. The summed E-state index contributed by atoms with van der Waals surface area (Å²) in [4.78, 5) is 22.4. The van der Waals surface area contributed by atoms with Crippen molar-refractivity contribution in [2.45, 2.75) is 33.3 Å². The van der Waals surface area contributed by atoms with Crippen molar-refractivity contribution < 1.29 is 19.2 Å². The van der Waals surface area contributed by atoms with Gasteiger partial charge in [0.2, 0.25) is 5.75 Å². The van der Waals surface area contributed by atoms with E-state index in [1.54, 1.807) is 32.9 Å². The Morgan fingerprint density at radius 1 is 1.48 bits per heavy atom. The molecule has 1 aromatic carbocycles. The molecule has 0 heterocycles. The van der Waals surface area contributed by atoms with E-state index in [1.807, 2.05) is 0 Å². The number of rotatable bonds is 7. The summed E-state index contributed by atoms with van der Waals surface area (Å²) in [6, 6.07) is 3.09. The highest BCUT2D eigenvalue weighted by atomic mass is 16.6. The number of nitro benzene ring substituents is 1. The predicted octanol–water partition coefficient (Wildman–Crippen LogP) is 3.10. The van der Waals surface area contributed by atoms with E-state index in [2.05, 4.69) is 6.58 Å². The van der Waals surface area contributed by atoms with E-state index < -0.39 is 17.0 Å². The van der Waals surface area contributed by atoms with E-state index in [-0.39, 0.29) is 11.4 Å². The summed E-state index contributed by atoms with van der Waals surface area (Å²) in [7, 11) is 0. The fraction of sp³-hybridized carbons (Fsp3) is 0.400. The fourth-order valence-corrected chi connectivity index (χ4v) is 1.78. The number of ether oxygens (including phenoxy) is 2. The van der Waals surface area contributed by atoms with Crippen molar-refractivity contribution in [3.05, 3.63) is 46.0 Å². The zero-order valence-electron chi connectivity index (χ0n) is 12.4.